The van der Waals surface area contributed by atoms with Crippen LogP contribution >= 0.6 is 11.8 Å². The second-order valence-electron chi connectivity index (χ2n) is 3.18. The summed E-state index contributed by atoms with van der Waals surface area (Å²) in [7, 11) is 0. The number of aryl methyl sites for hydroxylation is 1. The maximum Gasteiger partial charge on any atom is 0.163 e. The van der Waals surface area contributed by atoms with Crippen LogP contribution in [0.3, 0.4) is 0 Å². The topological polar surface area (TPSA) is 17.1 Å². The molecule has 1 rings (SSSR count). The molecule has 0 fully saturated rings. The van der Waals surface area contributed by atoms with Crippen LogP contribution in [0.15, 0.2) is 18.2 Å². The van der Waals surface area contributed by atoms with Crippen LogP contribution in [0, 0.1) is 12.7 Å². The SMILES string of the molecule is CSCCC(=O)c1cc(C)cc(F)c1. The van der Waals surface area contributed by atoms with Crippen LogP contribution in [-0.4, -0.2) is 17.8 Å². The Morgan fingerprint density at radius 3 is 2.71 bits per heavy atom. The number of rotatable bonds is 4. The van der Waals surface area contributed by atoms with Crippen molar-refractivity contribution in [2.75, 3.05) is 12.0 Å². The van der Waals surface area contributed by atoms with Gasteiger partial charge in [-0.3, -0.25) is 4.79 Å². The fourth-order valence-corrected chi connectivity index (χ4v) is 1.63. The van der Waals surface area contributed by atoms with Crippen molar-refractivity contribution >= 4 is 17.5 Å². The van der Waals surface area contributed by atoms with Gasteiger partial charge in [-0.15, -0.1) is 0 Å². The van der Waals surface area contributed by atoms with Crippen molar-refractivity contribution in [3.05, 3.63) is 35.1 Å². The normalized spacial score (nSPS) is 10.2. The molecule has 0 aliphatic heterocycles. The highest BCUT2D eigenvalue weighted by molar-refractivity contribution is 7.98. The van der Waals surface area contributed by atoms with Crippen LogP contribution in [0.5, 0.6) is 0 Å². The molecule has 0 N–H and O–H groups in total. The molecular formula is C11H13FOS. The van der Waals surface area contributed by atoms with Crippen LogP contribution in [0.1, 0.15) is 22.3 Å². The first-order valence-electron chi connectivity index (χ1n) is 4.43. The zero-order chi connectivity index (χ0) is 10.6. The predicted octanol–water partition coefficient (Wildman–Crippen LogP) is 3.07. The van der Waals surface area contributed by atoms with E-state index < -0.39 is 0 Å². The van der Waals surface area contributed by atoms with Gasteiger partial charge >= 0.3 is 0 Å². The fraction of sp³-hybridized carbons (Fsp3) is 0.364. The van der Waals surface area contributed by atoms with E-state index in [0.717, 1.165) is 11.3 Å². The fourth-order valence-electron chi connectivity index (χ4n) is 1.24. The zero-order valence-corrected chi connectivity index (χ0v) is 9.16. The molecule has 14 heavy (non-hydrogen) atoms. The summed E-state index contributed by atoms with van der Waals surface area (Å²) in [6.07, 6.45) is 2.42. The highest BCUT2D eigenvalue weighted by atomic mass is 32.2. The molecule has 1 aromatic carbocycles. The maximum atomic E-state index is 13.0. The third kappa shape index (κ3) is 3.14. The minimum atomic E-state index is -0.336. The van der Waals surface area contributed by atoms with E-state index in [4.69, 9.17) is 0 Å². The first-order valence-corrected chi connectivity index (χ1v) is 5.82. The lowest BCUT2D eigenvalue weighted by molar-refractivity contribution is 0.0989. The zero-order valence-electron chi connectivity index (χ0n) is 8.34. The van der Waals surface area contributed by atoms with Crippen molar-refractivity contribution in [3.8, 4) is 0 Å². The van der Waals surface area contributed by atoms with E-state index >= 15 is 0 Å². The van der Waals surface area contributed by atoms with Gasteiger partial charge in [0, 0.05) is 17.7 Å². The molecule has 0 saturated heterocycles. The number of benzene rings is 1. The number of Topliss-reactive ketones (excluding diaryl/α,β-unsaturated/α-hetero) is 1. The average molecular weight is 212 g/mol. The Bertz CT molecular complexity index is 316. The number of ketones is 1. The predicted molar refractivity (Wildman–Crippen MR) is 58.5 cm³/mol. The molecule has 0 spiro atoms. The molecule has 1 nitrogen and oxygen atoms in total. The van der Waals surface area contributed by atoms with Crippen molar-refractivity contribution in [2.24, 2.45) is 0 Å². The van der Waals surface area contributed by atoms with Gasteiger partial charge in [0.2, 0.25) is 0 Å². The van der Waals surface area contributed by atoms with Crippen LogP contribution in [-0.2, 0) is 0 Å². The van der Waals surface area contributed by atoms with E-state index in [9.17, 15) is 9.18 Å². The van der Waals surface area contributed by atoms with Crippen molar-refractivity contribution < 1.29 is 9.18 Å². The van der Waals surface area contributed by atoms with Crippen molar-refractivity contribution in [2.45, 2.75) is 13.3 Å². The molecule has 1 aromatic rings. The summed E-state index contributed by atoms with van der Waals surface area (Å²) in [5.41, 5.74) is 1.27. The van der Waals surface area contributed by atoms with E-state index in [1.165, 1.54) is 12.1 Å². The summed E-state index contributed by atoms with van der Waals surface area (Å²) in [4.78, 5) is 11.5. The van der Waals surface area contributed by atoms with Gasteiger partial charge in [-0.25, -0.2) is 4.39 Å². The van der Waals surface area contributed by atoms with Crippen molar-refractivity contribution in [1.82, 2.24) is 0 Å². The minimum absolute atomic E-state index is 0.0157. The summed E-state index contributed by atoms with van der Waals surface area (Å²) < 4.78 is 13.0. The Balaban J connectivity index is 2.79. The molecule has 0 aliphatic carbocycles. The highest BCUT2D eigenvalue weighted by Gasteiger charge is 2.06. The standard InChI is InChI=1S/C11H13FOS/c1-8-5-9(7-10(12)6-8)11(13)3-4-14-2/h5-7H,3-4H2,1-2H3. The Hall–Kier alpha value is -0.830. The molecule has 0 amide bonds. The van der Waals surface area contributed by atoms with Crippen LogP contribution < -0.4 is 0 Å². The number of halogens is 1. The smallest absolute Gasteiger partial charge is 0.163 e. The second-order valence-corrected chi connectivity index (χ2v) is 4.17. The van der Waals surface area contributed by atoms with Gasteiger partial charge < -0.3 is 0 Å². The van der Waals surface area contributed by atoms with Gasteiger partial charge in [0.25, 0.3) is 0 Å². The largest absolute Gasteiger partial charge is 0.294 e. The van der Waals surface area contributed by atoms with Gasteiger partial charge in [-0.2, -0.15) is 11.8 Å². The lowest BCUT2D eigenvalue weighted by Crippen LogP contribution is -2.01. The summed E-state index contributed by atoms with van der Waals surface area (Å²) in [5.74, 6) is 0.466. The van der Waals surface area contributed by atoms with E-state index in [2.05, 4.69) is 0 Å². The van der Waals surface area contributed by atoms with E-state index in [1.54, 1.807) is 24.8 Å². The molecule has 0 heterocycles. The molecule has 0 unspecified atom stereocenters. The van der Waals surface area contributed by atoms with Gasteiger partial charge in [-0.05, 0) is 36.9 Å². The molecule has 0 saturated carbocycles. The van der Waals surface area contributed by atoms with Gasteiger partial charge in [0.15, 0.2) is 5.78 Å². The number of hydrogen-bond acceptors (Lipinski definition) is 2. The first kappa shape index (κ1) is 11.2. The molecule has 0 atom stereocenters. The number of thioether (sulfide) groups is 1. The van der Waals surface area contributed by atoms with Gasteiger partial charge in [0.1, 0.15) is 5.82 Å². The Kier molecular flexibility index (Phi) is 4.14. The quantitative estimate of drug-likeness (QED) is 0.713. The minimum Gasteiger partial charge on any atom is -0.294 e. The number of hydrogen-bond donors (Lipinski definition) is 0. The lowest BCUT2D eigenvalue weighted by atomic mass is 10.1. The average Bonchev–Trinajstić information content (AvgIpc) is 2.12. The molecule has 0 aromatic heterocycles. The summed E-state index contributed by atoms with van der Waals surface area (Å²) in [5, 5.41) is 0. The van der Waals surface area contributed by atoms with Crippen LogP contribution in [0.25, 0.3) is 0 Å². The van der Waals surface area contributed by atoms with Crippen LogP contribution in [0.4, 0.5) is 4.39 Å². The third-order valence-electron chi connectivity index (χ3n) is 1.90. The van der Waals surface area contributed by atoms with Gasteiger partial charge in [0.05, 0.1) is 0 Å². The molecule has 0 aliphatic rings. The molecule has 0 bridgehead atoms. The lowest BCUT2D eigenvalue weighted by Gasteiger charge is -2.01. The molecule has 0 radical (unpaired) electrons. The van der Waals surface area contributed by atoms with Crippen LogP contribution in [0.2, 0.25) is 0 Å². The highest BCUT2D eigenvalue weighted by Crippen LogP contribution is 2.11. The Labute approximate surface area is 87.7 Å². The summed E-state index contributed by atoms with van der Waals surface area (Å²) >= 11 is 1.62. The van der Waals surface area contributed by atoms with E-state index in [-0.39, 0.29) is 11.6 Å². The molecule has 76 valence electrons. The molecule has 3 heteroatoms. The number of carbonyl (C=O) groups excluding carboxylic acids is 1. The van der Waals surface area contributed by atoms with Gasteiger partial charge in [-0.1, -0.05) is 0 Å². The third-order valence-corrected chi connectivity index (χ3v) is 2.51. The molecular weight excluding hydrogens is 199 g/mol. The summed E-state index contributed by atoms with van der Waals surface area (Å²) in [6.45, 7) is 1.79. The van der Waals surface area contributed by atoms with E-state index in [1.807, 2.05) is 6.26 Å². The monoisotopic (exact) mass is 212 g/mol. The summed E-state index contributed by atoms with van der Waals surface area (Å²) in [6, 6.07) is 4.45. The first-order chi connectivity index (χ1) is 6.63. The van der Waals surface area contributed by atoms with E-state index in [0.29, 0.717) is 12.0 Å². The Morgan fingerprint density at radius 2 is 2.14 bits per heavy atom. The number of carbonyl (C=O) groups is 1. The maximum absolute atomic E-state index is 13.0. The second kappa shape index (κ2) is 5.15. The Morgan fingerprint density at radius 1 is 1.43 bits per heavy atom. The van der Waals surface area contributed by atoms with Crippen molar-refractivity contribution in [3.63, 3.8) is 0 Å². The van der Waals surface area contributed by atoms with Crippen molar-refractivity contribution in [1.29, 1.82) is 0 Å².